The lowest BCUT2D eigenvalue weighted by atomic mass is 10.1. The number of carbonyl (C=O) groups is 2. The van der Waals surface area contributed by atoms with E-state index in [9.17, 15) is 9.59 Å². The van der Waals surface area contributed by atoms with Crippen LogP contribution in [0.1, 0.15) is 26.2 Å². The standard InChI is InChI=1S/C10H13NO2/c1-3-4-5-6-11-9(12)7-8(2)10(11)13/h1,8H,4-7H2,2H3. The molecule has 1 fully saturated rings. The molecule has 0 radical (unpaired) electrons. The fraction of sp³-hybridized carbons (Fsp3) is 0.600. The fourth-order valence-electron chi connectivity index (χ4n) is 1.42. The van der Waals surface area contributed by atoms with Crippen LogP contribution in [0.2, 0.25) is 0 Å². The first kappa shape index (κ1) is 9.79. The third-order valence-electron chi connectivity index (χ3n) is 2.17. The van der Waals surface area contributed by atoms with Gasteiger partial charge in [0.2, 0.25) is 11.8 Å². The van der Waals surface area contributed by atoms with Crippen LogP contribution in [0.15, 0.2) is 0 Å². The van der Waals surface area contributed by atoms with E-state index in [2.05, 4.69) is 5.92 Å². The van der Waals surface area contributed by atoms with Gasteiger partial charge >= 0.3 is 0 Å². The highest BCUT2D eigenvalue weighted by molar-refractivity contribution is 6.03. The van der Waals surface area contributed by atoms with E-state index < -0.39 is 0 Å². The topological polar surface area (TPSA) is 37.4 Å². The monoisotopic (exact) mass is 179 g/mol. The van der Waals surface area contributed by atoms with Crippen molar-refractivity contribution in [2.75, 3.05) is 6.54 Å². The summed E-state index contributed by atoms with van der Waals surface area (Å²) in [5.41, 5.74) is 0. The van der Waals surface area contributed by atoms with Crippen molar-refractivity contribution in [3.05, 3.63) is 0 Å². The molecule has 1 aliphatic rings. The smallest absolute Gasteiger partial charge is 0.232 e. The summed E-state index contributed by atoms with van der Waals surface area (Å²) >= 11 is 0. The molecule has 0 aromatic heterocycles. The van der Waals surface area contributed by atoms with Gasteiger partial charge in [-0.3, -0.25) is 14.5 Å². The molecule has 1 heterocycles. The molecule has 1 saturated heterocycles. The summed E-state index contributed by atoms with van der Waals surface area (Å²) in [6, 6.07) is 0. The quantitative estimate of drug-likeness (QED) is 0.365. The molecular formula is C10H13NO2. The molecule has 0 aromatic carbocycles. The maximum atomic E-state index is 11.4. The van der Waals surface area contributed by atoms with Gasteiger partial charge in [0.25, 0.3) is 0 Å². The molecular weight excluding hydrogens is 166 g/mol. The van der Waals surface area contributed by atoms with Crippen LogP contribution in [0.3, 0.4) is 0 Å². The van der Waals surface area contributed by atoms with E-state index in [1.165, 1.54) is 4.90 Å². The number of terminal acetylenes is 1. The molecule has 13 heavy (non-hydrogen) atoms. The molecule has 0 saturated carbocycles. The average Bonchev–Trinajstić information content (AvgIpc) is 2.32. The average molecular weight is 179 g/mol. The Morgan fingerprint density at radius 2 is 2.31 bits per heavy atom. The second-order valence-electron chi connectivity index (χ2n) is 3.30. The Labute approximate surface area is 78.1 Å². The molecule has 1 aliphatic heterocycles. The Kier molecular flexibility index (Phi) is 3.07. The molecule has 1 atom stereocenters. The summed E-state index contributed by atoms with van der Waals surface area (Å²) in [7, 11) is 0. The van der Waals surface area contributed by atoms with Gasteiger partial charge < -0.3 is 0 Å². The van der Waals surface area contributed by atoms with Crippen molar-refractivity contribution in [1.29, 1.82) is 0 Å². The largest absolute Gasteiger partial charge is 0.282 e. The highest BCUT2D eigenvalue weighted by Crippen LogP contribution is 2.18. The number of unbranched alkanes of at least 4 members (excludes halogenated alkanes) is 1. The number of likely N-dealkylation sites (tertiary alicyclic amines) is 1. The number of imide groups is 1. The minimum Gasteiger partial charge on any atom is -0.282 e. The number of hydrogen-bond acceptors (Lipinski definition) is 2. The normalized spacial score (nSPS) is 22.2. The van der Waals surface area contributed by atoms with E-state index >= 15 is 0 Å². The van der Waals surface area contributed by atoms with Crippen LogP contribution in [0, 0.1) is 18.3 Å². The first-order valence-electron chi connectivity index (χ1n) is 4.44. The number of hydrogen-bond donors (Lipinski definition) is 0. The Hall–Kier alpha value is -1.30. The van der Waals surface area contributed by atoms with Gasteiger partial charge in [0.05, 0.1) is 0 Å². The van der Waals surface area contributed by atoms with Gasteiger partial charge in [0, 0.05) is 25.3 Å². The zero-order valence-electron chi connectivity index (χ0n) is 7.75. The summed E-state index contributed by atoms with van der Waals surface area (Å²) in [4.78, 5) is 23.9. The number of nitrogens with zero attached hydrogens (tertiary/aromatic N) is 1. The molecule has 2 amide bonds. The van der Waals surface area contributed by atoms with Gasteiger partial charge in [-0.15, -0.1) is 12.3 Å². The van der Waals surface area contributed by atoms with Crippen molar-refractivity contribution >= 4 is 11.8 Å². The molecule has 0 spiro atoms. The van der Waals surface area contributed by atoms with Crippen molar-refractivity contribution in [2.45, 2.75) is 26.2 Å². The van der Waals surface area contributed by atoms with E-state index in [-0.39, 0.29) is 17.7 Å². The van der Waals surface area contributed by atoms with Crippen molar-refractivity contribution in [3.8, 4) is 12.3 Å². The fourth-order valence-corrected chi connectivity index (χ4v) is 1.42. The van der Waals surface area contributed by atoms with E-state index in [0.717, 1.165) is 0 Å². The summed E-state index contributed by atoms with van der Waals surface area (Å²) < 4.78 is 0. The van der Waals surface area contributed by atoms with Crippen molar-refractivity contribution in [3.63, 3.8) is 0 Å². The third-order valence-corrected chi connectivity index (χ3v) is 2.17. The van der Waals surface area contributed by atoms with Gasteiger partial charge in [-0.2, -0.15) is 0 Å². The summed E-state index contributed by atoms with van der Waals surface area (Å²) in [5, 5.41) is 0. The van der Waals surface area contributed by atoms with Crippen molar-refractivity contribution in [1.82, 2.24) is 4.90 Å². The minimum atomic E-state index is -0.140. The summed E-state index contributed by atoms with van der Waals surface area (Å²) in [5.74, 6) is 2.23. The Morgan fingerprint density at radius 1 is 1.62 bits per heavy atom. The van der Waals surface area contributed by atoms with Crippen molar-refractivity contribution < 1.29 is 9.59 Å². The predicted octanol–water partition coefficient (Wildman–Crippen LogP) is 0.795. The lowest BCUT2D eigenvalue weighted by molar-refractivity contribution is -0.139. The van der Waals surface area contributed by atoms with Gasteiger partial charge in [-0.25, -0.2) is 0 Å². The van der Waals surface area contributed by atoms with Crippen LogP contribution >= 0.6 is 0 Å². The Morgan fingerprint density at radius 3 is 2.77 bits per heavy atom. The summed E-state index contributed by atoms with van der Waals surface area (Å²) in [6.45, 7) is 2.26. The van der Waals surface area contributed by atoms with E-state index in [4.69, 9.17) is 6.42 Å². The van der Waals surface area contributed by atoms with E-state index in [1.54, 1.807) is 6.92 Å². The maximum absolute atomic E-state index is 11.4. The third kappa shape index (κ3) is 2.09. The molecule has 1 unspecified atom stereocenters. The zero-order chi connectivity index (χ0) is 9.84. The van der Waals surface area contributed by atoms with Crippen LogP contribution in [-0.2, 0) is 9.59 Å². The minimum absolute atomic E-state index is 0.0537. The van der Waals surface area contributed by atoms with Crippen LogP contribution in [-0.4, -0.2) is 23.3 Å². The first-order valence-corrected chi connectivity index (χ1v) is 4.44. The van der Waals surface area contributed by atoms with Gasteiger partial charge in [-0.1, -0.05) is 6.92 Å². The SMILES string of the molecule is C#CCCCN1C(=O)CC(C)C1=O. The lowest BCUT2D eigenvalue weighted by Crippen LogP contribution is -2.31. The van der Waals surface area contributed by atoms with E-state index in [1.807, 2.05) is 0 Å². The Balaban J connectivity index is 2.46. The molecule has 70 valence electrons. The first-order chi connectivity index (χ1) is 6.16. The number of amides is 2. The molecule has 1 rings (SSSR count). The molecule has 0 bridgehead atoms. The van der Waals surface area contributed by atoms with Crippen molar-refractivity contribution in [2.24, 2.45) is 5.92 Å². The second kappa shape index (κ2) is 4.08. The molecule has 3 heteroatoms. The van der Waals surface area contributed by atoms with Gasteiger partial charge in [0.15, 0.2) is 0 Å². The predicted molar refractivity (Wildman–Crippen MR) is 48.6 cm³/mol. The Bertz CT molecular complexity index is 265. The van der Waals surface area contributed by atoms with Crippen LogP contribution in [0.25, 0.3) is 0 Å². The number of rotatable bonds is 3. The van der Waals surface area contributed by atoms with E-state index in [0.29, 0.717) is 25.8 Å². The highest BCUT2D eigenvalue weighted by Gasteiger charge is 2.34. The zero-order valence-corrected chi connectivity index (χ0v) is 7.75. The van der Waals surface area contributed by atoms with Gasteiger partial charge in [0.1, 0.15) is 0 Å². The van der Waals surface area contributed by atoms with Crippen LogP contribution in [0.4, 0.5) is 0 Å². The highest BCUT2D eigenvalue weighted by atomic mass is 16.2. The molecule has 0 aliphatic carbocycles. The van der Waals surface area contributed by atoms with Crippen LogP contribution in [0.5, 0.6) is 0 Å². The molecule has 3 nitrogen and oxygen atoms in total. The second-order valence-corrected chi connectivity index (χ2v) is 3.30. The van der Waals surface area contributed by atoms with Gasteiger partial charge in [-0.05, 0) is 6.42 Å². The maximum Gasteiger partial charge on any atom is 0.232 e. The molecule has 0 aromatic rings. The van der Waals surface area contributed by atoms with Crippen LogP contribution < -0.4 is 0 Å². The molecule has 0 N–H and O–H groups in total. The number of carbonyl (C=O) groups excluding carboxylic acids is 2. The lowest BCUT2D eigenvalue weighted by Gasteiger charge is -2.12. The summed E-state index contributed by atoms with van der Waals surface area (Å²) in [6.07, 6.45) is 6.75.